The van der Waals surface area contributed by atoms with Gasteiger partial charge in [0, 0.05) is 12.4 Å². The molecule has 0 unspecified atom stereocenters. The molecule has 8 heteroatoms. The molecule has 4 rings (SSSR count). The predicted octanol–water partition coefficient (Wildman–Crippen LogP) is 3.20. The van der Waals surface area contributed by atoms with E-state index in [1.54, 1.807) is 56.3 Å². The minimum absolute atomic E-state index is 0.0780. The van der Waals surface area contributed by atoms with Crippen LogP contribution in [-0.4, -0.2) is 23.0 Å². The number of benzene rings is 2. The number of nitrogens with one attached hydrogen (secondary N) is 1. The fourth-order valence-corrected chi connectivity index (χ4v) is 4.25. The van der Waals surface area contributed by atoms with Crippen LogP contribution in [0.2, 0.25) is 0 Å². The Bertz CT molecular complexity index is 1380. The molecule has 1 N–H and O–H groups in total. The van der Waals surface area contributed by atoms with Crippen molar-refractivity contribution < 1.29 is 8.42 Å². The van der Waals surface area contributed by atoms with E-state index in [0.717, 1.165) is 0 Å². The summed E-state index contributed by atoms with van der Waals surface area (Å²) in [5.74, 6) is 0.553. The second kappa shape index (κ2) is 7.14. The van der Waals surface area contributed by atoms with Crippen LogP contribution in [0.25, 0.3) is 16.6 Å². The molecule has 29 heavy (non-hydrogen) atoms. The van der Waals surface area contributed by atoms with Gasteiger partial charge in [0.15, 0.2) is 0 Å². The van der Waals surface area contributed by atoms with Crippen LogP contribution in [-0.2, 0) is 10.0 Å². The summed E-state index contributed by atoms with van der Waals surface area (Å²) in [7, 11) is -3.75. The average Bonchev–Trinajstić information content (AvgIpc) is 2.70. The zero-order valence-electron chi connectivity index (χ0n) is 15.8. The SMILES string of the molecule is Cc1cc(-n2c(C)nc3ccccc3c2=O)ccc1NS(=O)(=O)c1cccnc1. The number of fused-ring (bicyclic) bond motifs is 1. The minimum atomic E-state index is -3.75. The lowest BCUT2D eigenvalue weighted by atomic mass is 10.1. The monoisotopic (exact) mass is 406 g/mol. The highest BCUT2D eigenvalue weighted by molar-refractivity contribution is 7.92. The molecule has 7 nitrogen and oxygen atoms in total. The summed E-state index contributed by atoms with van der Waals surface area (Å²) in [6.45, 7) is 3.54. The molecular formula is C21H18N4O3S. The second-order valence-electron chi connectivity index (χ2n) is 6.61. The third kappa shape index (κ3) is 3.50. The number of rotatable bonds is 4. The van der Waals surface area contributed by atoms with Gasteiger partial charge in [0.25, 0.3) is 15.6 Å². The fraction of sp³-hybridized carbons (Fsp3) is 0.0952. The van der Waals surface area contributed by atoms with E-state index in [4.69, 9.17) is 0 Å². The molecule has 0 spiro atoms. The molecule has 0 amide bonds. The first kappa shape index (κ1) is 18.8. The van der Waals surface area contributed by atoms with Gasteiger partial charge in [-0.3, -0.25) is 19.1 Å². The van der Waals surface area contributed by atoms with E-state index in [9.17, 15) is 13.2 Å². The van der Waals surface area contributed by atoms with E-state index in [-0.39, 0.29) is 10.5 Å². The Morgan fingerprint density at radius 2 is 1.79 bits per heavy atom. The number of sulfonamides is 1. The smallest absolute Gasteiger partial charge is 0.265 e. The van der Waals surface area contributed by atoms with Crippen molar-refractivity contribution in [2.24, 2.45) is 0 Å². The number of para-hydroxylation sites is 1. The predicted molar refractivity (Wildman–Crippen MR) is 112 cm³/mol. The molecule has 146 valence electrons. The van der Waals surface area contributed by atoms with Crippen LogP contribution in [0.1, 0.15) is 11.4 Å². The molecule has 0 aliphatic rings. The van der Waals surface area contributed by atoms with Crippen LogP contribution < -0.4 is 10.3 Å². The normalized spacial score (nSPS) is 11.5. The van der Waals surface area contributed by atoms with Crippen LogP contribution in [0, 0.1) is 13.8 Å². The molecule has 2 aromatic carbocycles. The van der Waals surface area contributed by atoms with Crippen LogP contribution >= 0.6 is 0 Å². The molecule has 0 fully saturated rings. The number of hydrogen-bond acceptors (Lipinski definition) is 5. The molecule has 2 aromatic heterocycles. The van der Waals surface area contributed by atoms with E-state index < -0.39 is 10.0 Å². The molecular weight excluding hydrogens is 388 g/mol. The van der Waals surface area contributed by atoms with Crippen molar-refractivity contribution in [2.45, 2.75) is 18.7 Å². The first-order chi connectivity index (χ1) is 13.9. The summed E-state index contributed by atoms with van der Waals surface area (Å²) in [6.07, 6.45) is 2.80. The lowest BCUT2D eigenvalue weighted by Crippen LogP contribution is -2.22. The van der Waals surface area contributed by atoms with Crippen LogP contribution in [0.5, 0.6) is 0 Å². The molecule has 0 radical (unpaired) electrons. The number of aryl methyl sites for hydroxylation is 2. The molecule has 0 atom stereocenters. The van der Waals surface area contributed by atoms with Crippen molar-refractivity contribution in [1.82, 2.24) is 14.5 Å². The summed E-state index contributed by atoms with van der Waals surface area (Å²) in [4.78, 5) is 21.4. The van der Waals surface area contributed by atoms with Gasteiger partial charge in [-0.2, -0.15) is 0 Å². The molecule has 0 saturated heterocycles. The summed E-state index contributed by atoms with van der Waals surface area (Å²) in [5.41, 5.74) is 2.19. The molecule has 0 aliphatic heterocycles. The van der Waals surface area contributed by atoms with Gasteiger partial charge < -0.3 is 0 Å². The van der Waals surface area contributed by atoms with Crippen molar-refractivity contribution in [3.8, 4) is 5.69 Å². The van der Waals surface area contributed by atoms with E-state index in [1.807, 2.05) is 6.07 Å². The lowest BCUT2D eigenvalue weighted by molar-refractivity contribution is 0.600. The Morgan fingerprint density at radius 3 is 2.52 bits per heavy atom. The van der Waals surface area contributed by atoms with E-state index in [2.05, 4.69) is 14.7 Å². The van der Waals surface area contributed by atoms with Gasteiger partial charge in [0.1, 0.15) is 10.7 Å². The zero-order chi connectivity index (χ0) is 20.6. The van der Waals surface area contributed by atoms with E-state index in [1.165, 1.54) is 23.0 Å². The summed E-state index contributed by atoms with van der Waals surface area (Å²) < 4.78 is 29.2. The van der Waals surface area contributed by atoms with E-state index >= 15 is 0 Å². The molecule has 2 heterocycles. The van der Waals surface area contributed by atoms with Gasteiger partial charge in [-0.15, -0.1) is 0 Å². The fourth-order valence-electron chi connectivity index (χ4n) is 3.16. The highest BCUT2D eigenvalue weighted by Crippen LogP contribution is 2.22. The summed E-state index contributed by atoms with van der Waals surface area (Å²) >= 11 is 0. The molecule has 0 saturated carbocycles. The van der Waals surface area contributed by atoms with Gasteiger partial charge in [0.05, 0.1) is 22.3 Å². The molecule has 4 aromatic rings. The van der Waals surface area contributed by atoms with Crippen molar-refractivity contribution in [3.63, 3.8) is 0 Å². The van der Waals surface area contributed by atoms with Crippen molar-refractivity contribution >= 4 is 26.6 Å². The highest BCUT2D eigenvalue weighted by atomic mass is 32.2. The maximum Gasteiger partial charge on any atom is 0.265 e. The Labute approximate surface area is 167 Å². The highest BCUT2D eigenvalue weighted by Gasteiger charge is 2.16. The van der Waals surface area contributed by atoms with Crippen LogP contribution in [0.4, 0.5) is 5.69 Å². The Kier molecular flexibility index (Phi) is 4.63. The van der Waals surface area contributed by atoms with Crippen molar-refractivity contribution in [1.29, 1.82) is 0 Å². The van der Waals surface area contributed by atoms with Gasteiger partial charge in [-0.1, -0.05) is 12.1 Å². The maximum atomic E-state index is 13.0. The number of aromatic nitrogens is 3. The molecule has 0 bridgehead atoms. The van der Waals surface area contributed by atoms with Gasteiger partial charge in [-0.25, -0.2) is 13.4 Å². The first-order valence-electron chi connectivity index (χ1n) is 8.89. The lowest BCUT2D eigenvalue weighted by Gasteiger charge is -2.14. The zero-order valence-corrected chi connectivity index (χ0v) is 16.6. The second-order valence-corrected chi connectivity index (χ2v) is 8.29. The van der Waals surface area contributed by atoms with Crippen LogP contribution in [0.3, 0.4) is 0 Å². The topological polar surface area (TPSA) is 94.0 Å². The third-order valence-corrected chi connectivity index (χ3v) is 5.95. The summed E-state index contributed by atoms with van der Waals surface area (Å²) in [5, 5.41) is 0.525. The van der Waals surface area contributed by atoms with E-state index in [0.29, 0.717) is 33.7 Å². The van der Waals surface area contributed by atoms with Crippen LogP contribution in [0.15, 0.2) is 76.7 Å². The van der Waals surface area contributed by atoms with Gasteiger partial charge in [-0.05, 0) is 61.9 Å². The molecule has 0 aliphatic carbocycles. The van der Waals surface area contributed by atoms with Gasteiger partial charge >= 0.3 is 0 Å². The standard InChI is InChI=1S/C21H18N4O3S/c1-14-12-16(25-15(2)23-20-8-4-3-7-18(20)21(25)26)9-10-19(14)24-29(27,28)17-6-5-11-22-13-17/h3-13,24H,1-2H3. The minimum Gasteiger partial charge on any atom is -0.279 e. The number of nitrogens with zero attached hydrogens (tertiary/aromatic N) is 3. The van der Waals surface area contributed by atoms with Crippen molar-refractivity contribution in [3.05, 3.63) is 88.7 Å². The third-order valence-electron chi connectivity index (χ3n) is 4.60. The first-order valence-corrected chi connectivity index (χ1v) is 10.4. The Balaban J connectivity index is 1.75. The number of hydrogen-bond donors (Lipinski definition) is 1. The summed E-state index contributed by atoms with van der Waals surface area (Å²) in [6, 6.07) is 15.3. The Morgan fingerprint density at radius 1 is 1.00 bits per heavy atom. The van der Waals surface area contributed by atoms with Crippen molar-refractivity contribution in [2.75, 3.05) is 4.72 Å². The number of anilines is 1. The maximum absolute atomic E-state index is 13.0. The largest absolute Gasteiger partial charge is 0.279 e. The van der Waals surface area contributed by atoms with Gasteiger partial charge in [0.2, 0.25) is 0 Å². The number of pyridine rings is 1. The Hall–Kier alpha value is -3.52. The average molecular weight is 406 g/mol. The quantitative estimate of drug-likeness (QED) is 0.562.